The lowest BCUT2D eigenvalue weighted by atomic mass is 10.0. The van der Waals surface area contributed by atoms with Crippen LogP contribution in [-0.4, -0.2) is 35.5 Å². The van der Waals surface area contributed by atoms with Gasteiger partial charge in [-0.2, -0.15) is 0 Å². The molecule has 2 atom stereocenters. The lowest BCUT2D eigenvalue weighted by Crippen LogP contribution is -2.54. The van der Waals surface area contributed by atoms with Gasteiger partial charge in [0.25, 0.3) is 0 Å². The van der Waals surface area contributed by atoms with E-state index in [1.165, 1.54) is 6.92 Å². The largest absolute Gasteiger partial charge is 0.548 e. The van der Waals surface area contributed by atoms with Crippen LogP contribution in [0.2, 0.25) is 0 Å². The molecule has 2 amide bonds. The molecule has 1 aliphatic rings. The molecule has 1 heterocycles. The van der Waals surface area contributed by atoms with E-state index in [0.29, 0.717) is 6.54 Å². The summed E-state index contributed by atoms with van der Waals surface area (Å²) in [6.45, 7) is 4.17. The molecule has 0 radical (unpaired) electrons. The van der Waals surface area contributed by atoms with Gasteiger partial charge in [-0.05, 0) is 32.6 Å². The van der Waals surface area contributed by atoms with Crippen LogP contribution in [0.4, 0.5) is 4.79 Å². The molecule has 92 valence electrons. The van der Waals surface area contributed by atoms with Crippen LogP contribution < -0.4 is 10.4 Å². The van der Waals surface area contributed by atoms with E-state index in [-0.39, 0.29) is 12.1 Å². The number of hydrogen-bond acceptors (Lipinski definition) is 3. The van der Waals surface area contributed by atoms with Gasteiger partial charge >= 0.3 is 6.03 Å². The van der Waals surface area contributed by atoms with Crippen molar-refractivity contribution < 1.29 is 14.7 Å². The minimum Gasteiger partial charge on any atom is -0.548 e. The fourth-order valence-corrected chi connectivity index (χ4v) is 2.02. The van der Waals surface area contributed by atoms with E-state index in [1.54, 1.807) is 4.90 Å². The number of hydrogen-bond donors (Lipinski definition) is 1. The highest BCUT2D eigenvalue weighted by molar-refractivity contribution is 5.81. The molecular weight excluding hydrogens is 208 g/mol. The number of aliphatic carboxylic acids is 1. The van der Waals surface area contributed by atoms with Crippen LogP contribution in [0.1, 0.15) is 39.5 Å². The van der Waals surface area contributed by atoms with Gasteiger partial charge in [0, 0.05) is 12.6 Å². The Morgan fingerprint density at radius 1 is 1.50 bits per heavy atom. The molecule has 5 heteroatoms. The predicted octanol–water partition coefficient (Wildman–Crippen LogP) is 0.0989. The molecule has 0 aliphatic carbocycles. The van der Waals surface area contributed by atoms with Gasteiger partial charge in [0.05, 0.1) is 12.0 Å². The molecule has 0 aromatic heterocycles. The van der Waals surface area contributed by atoms with E-state index in [9.17, 15) is 14.7 Å². The summed E-state index contributed by atoms with van der Waals surface area (Å²) in [5.74, 6) is -1.25. The van der Waals surface area contributed by atoms with Gasteiger partial charge < -0.3 is 20.1 Å². The Morgan fingerprint density at radius 3 is 2.75 bits per heavy atom. The summed E-state index contributed by atoms with van der Waals surface area (Å²) in [4.78, 5) is 24.1. The SMILES string of the molecule is CC[C@H]1CCCCN1C(=O)N[C@@H](C)C(=O)[O-]. The van der Waals surface area contributed by atoms with Crippen LogP contribution in [0, 0.1) is 0 Å². The minimum absolute atomic E-state index is 0.239. The minimum atomic E-state index is -1.25. The van der Waals surface area contributed by atoms with Crippen molar-refractivity contribution in [2.24, 2.45) is 0 Å². The zero-order valence-electron chi connectivity index (χ0n) is 9.86. The van der Waals surface area contributed by atoms with E-state index in [0.717, 1.165) is 25.7 Å². The number of carbonyl (C=O) groups excluding carboxylic acids is 2. The molecule has 0 aromatic rings. The molecule has 0 bridgehead atoms. The number of likely N-dealkylation sites (tertiary alicyclic amines) is 1. The van der Waals surface area contributed by atoms with Crippen LogP contribution in [0.5, 0.6) is 0 Å². The van der Waals surface area contributed by atoms with Gasteiger partial charge in [0.1, 0.15) is 0 Å². The summed E-state index contributed by atoms with van der Waals surface area (Å²) in [6, 6.07) is -0.988. The number of rotatable bonds is 3. The van der Waals surface area contributed by atoms with Crippen LogP contribution in [0.3, 0.4) is 0 Å². The van der Waals surface area contributed by atoms with E-state index >= 15 is 0 Å². The maximum Gasteiger partial charge on any atom is 0.318 e. The fourth-order valence-electron chi connectivity index (χ4n) is 2.02. The van der Waals surface area contributed by atoms with E-state index < -0.39 is 12.0 Å². The standard InChI is InChI=1S/C11H20N2O3/c1-3-9-6-4-5-7-13(9)11(16)12-8(2)10(14)15/h8-9H,3-7H2,1-2H3,(H,12,16)(H,14,15)/p-1/t8-,9-/m0/s1. The lowest BCUT2D eigenvalue weighted by molar-refractivity contribution is -0.307. The second kappa shape index (κ2) is 5.72. The second-order valence-corrected chi connectivity index (χ2v) is 4.24. The highest BCUT2D eigenvalue weighted by Crippen LogP contribution is 2.19. The molecule has 0 saturated carbocycles. The number of nitrogens with zero attached hydrogens (tertiary/aromatic N) is 1. The summed E-state index contributed by atoms with van der Waals surface area (Å²) in [7, 11) is 0. The van der Waals surface area contributed by atoms with Crippen LogP contribution in [-0.2, 0) is 4.79 Å². The van der Waals surface area contributed by atoms with Crippen LogP contribution in [0.25, 0.3) is 0 Å². The summed E-state index contributed by atoms with van der Waals surface area (Å²) in [5, 5.41) is 13.0. The molecule has 1 saturated heterocycles. The Bertz CT molecular complexity index is 268. The number of piperidine rings is 1. The highest BCUT2D eigenvalue weighted by Gasteiger charge is 2.25. The molecule has 16 heavy (non-hydrogen) atoms. The van der Waals surface area contributed by atoms with Crippen LogP contribution in [0.15, 0.2) is 0 Å². The summed E-state index contributed by atoms with van der Waals surface area (Å²) in [5.41, 5.74) is 0. The number of carbonyl (C=O) groups is 2. The number of carboxylic acid groups (broad SMARTS) is 1. The number of amides is 2. The zero-order chi connectivity index (χ0) is 12.1. The quantitative estimate of drug-likeness (QED) is 0.743. The van der Waals surface area contributed by atoms with Crippen molar-refractivity contribution in [3.05, 3.63) is 0 Å². The smallest absolute Gasteiger partial charge is 0.318 e. The highest BCUT2D eigenvalue weighted by atomic mass is 16.4. The Kier molecular flexibility index (Phi) is 4.58. The van der Waals surface area contributed by atoms with Crippen molar-refractivity contribution in [2.75, 3.05) is 6.54 Å². The Labute approximate surface area is 95.8 Å². The first kappa shape index (κ1) is 12.8. The molecule has 0 aromatic carbocycles. The van der Waals surface area contributed by atoms with Crippen LogP contribution >= 0.6 is 0 Å². The fraction of sp³-hybridized carbons (Fsp3) is 0.818. The summed E-state index contributed by atoms with van der Waals surface area (Å²) < 4.78 is 0. The Hall–Kier alpha value is -1.26. The molecule has 1 fully saturated rings. The van der Waals surface area contributed by atoms with E-state index in [2.05, 4.69) is 5.32 Å². The Balaban J connectivity index is 2.54. The molecular formula is C11H19N2O3-. The maximum atomic E-state index is 11.8. The second-order valence-electron chi connectivity index (χ2n) is 4.24. The molecule has 1 rings (SSSR count). The van der Waals surface area contributed by atoms with Gasteiger partial charge in [0.15, 0.2) is 0 Å². The average molecular weight is 227 g/mol. The summed E-state index contributed by atoms with van der Waals surface area (Å²) in [6.07, 6.45) is 4.04. The molecule has 5 nitrogen and oxygen atoms in total. The van der Waals surface area contributed by atoms with E-state index in [4.69, 9.17) is 0 Å². The first-order valence-corrected chi connectivity index (χ1v) is 5.84. The molecule has 0 spiro atoms. The van der Waals surface area contributed by atoms with Gasteiger partial charge in [-0.15, -0.1) is 0 Å². The predicted molar refractivity (Wildman–Crippen MR) is 57.6 cm³/mol. The summed E-state index contributed by atoms with van der Waals surface area (Å²) >= 11 is 0. The third kappa shape index (κ3) is 3.12. The van der Waals surface area contributed by atoms with Crippen molar-refractivity contribution in [1.82, 2.24) is 10.2 Å². The lowest BCUT2D eigenvalue weighted by Gasteiger charge is -2.36. The normalized spacial score (nSPS) is 22.6. The number of nitrogens with one attached hydrogen (secondary N) is 1. The molecule has 1 N–H and O–H groups in total. The molecule has 1 aliphatic heterocycles. The first-order chi connectivity index (χ1) is 7.56. The van der Waals surface area contributed by atoms with Gasteiger partial charge in [-0.3, -0.25) is 0 Å². The number of urea groups is 1. The first-order valence-electron chi connectivity index (χ1n) is 5.84. The third-order valence-corrected chi connectivity index (χ3v) is 3.05. The molecule has 0 unspecified atom stereocenters. The van der Waals surface area contributed by atoms with E-state index in [1.807, 2.05) is 6.92 Å². The monoisotopic (exact) mass is 227 g/mol. The zero-order valence-corrected chi connectivity index (χ0v) is 9.86. The maximum absolute atomic E-state index is 11.8. The van der Waals surface area contributed by atoms with Crippen molar-refractivity contribution in [3.8, 4) is 0 Å². The van der Waals surface area contributed by atoms with Crippen molar-refractivity contribution >= 4 is 12.0 Å². The Morgan fingerprint density at radius 2 is 2.19 bits per heavy atom. The van der Waals surface area contributed by atoms with Gasteiger partial charge in [-0.1, -0.05) is 6.92 Å². The van der Waals surface area contributed by atoms with Crippen molar-refractivity contribution in [1.29, 1.82) is 0 Å². The van der Waals surface area contributed by atoms with Crippen molar-refractivity contribution in [3.63, 3.8) is 0 Å². The van der Waals surface area contributed by atoms with Gasteiger partial charge in [0.2, 0.25) is 0 Å². The van der Waals surface area contributed by atoms with Gasteiger partial charge in [-0.25, -0.2) is 4.79 Å². The average Bonchev–Trinajstić information content (AvgIpc) is 2.28. The number of carboxylic acids is 1. The third-order valence-electron chi connectivity index (χ3n) is 3.05. The topological polar surface area (TPSA) is 72.5 Å². The van der Waals surface area contributed by atoms with Crippen molar-refractivity contribution in [2.45, 2.75) is 51.6 Å².